The zero-order chi connectivity index (χ0) is 21.3. The van der Waals surface area contributed by atoms with Gasteiger partial charge in [0.1, 0.15) is 11.3 Å². The van der Waals surface area contributed by atoms with E-state index >= 15 is 0 Å². The van der Waals surface area contributed by atoms with Crippen molar-refractivity contribution in [3.05, 3.63) is 52.8 Å². The van der Waals surface area contributed by atoms with Gasteiger partial charge in [-0.15, -0.1) is 5.10 Å². The molecule has 1 aromatic heterocycles. The van der Waals surface area contributed by atoms with Gasteiger partial charge < -0.3 is 10.2 Å². The zero-order valence-electron chi connectivity index (χ0n) is 16.4. The molecule has 1 fully saturated rings. The van der Waals surface area contributed by atoms with Gasteiger partial charge in [0, 0.05) is 17.6 Å². The van der Waals surface area contributed by atoms with E-state index in [0.717, 1.165) is 24.4 Å². The predicted octanol–water partition coefficient (Wildman–Crippen LogP) is 4.05. The minimum atomic E-state index is -0.638. The molecule has 9 heteroatoms. The summed E-state index contributed by atoms with van der Waals surface area (Å²) in [6.07, 6.45) is 4.56. The number of aromatic nitrogens is 3. The minimum Gasteiger partial charge on any atom is -0.332 e. The van der Waals surface area contributed by atoms with Gasteiger partial charge in [0.05, 0.1) is 23.8 Å². The first-order valence-corrected chi connectivity index (χ1v) is 10.2. The number of nitrogens with zero attached hydrogens (tertiary/aromatic N) is 4. The number of nitrogens with one attached hydrogen (secondary N) is 1. The van der Waals surface area contributed by atoms with Crippen LogP contribution in [0, 0.1) is 5.82 Å². The summed E-state index contributed by atoms with van der Waals surface area (Å²) >= 11 is 5.71. The van der Waals surface area contributed by atoms with Gasteiger partial charge in [0.2, 0.25) is 5.91 Å². The summed E-state index contributed by atoms with van der Waals surface area (Å²) in [6, 6.07) is 9.56. The number of anilines is 1. The number of amides is 2. The molecule has 0 atom stereocenters. The molecule has 156 valence electrons. The molecule has 2 aromatic carbocycles. The van der Waals surface area contributed by atoms with Gasteiger partial charge in [0.25, 0.3) is 5.91 Å². The van der Waals surface area contributed by atoms with E-state index in [1.807, 2.05) is 10.7 Å². The second kappa shape index (κ2) is 8.39. The molecule has 30 heavy (non-hydrogen) atoms. The monoisotopic (exact) mass is 429 g/mol. The van der Waals surface area contributed by atoms with Crippen LogP contribution in [0.15, 0.2) is 36.4 Å². The van der Waals surface area contributed by atoms with Crippen LogP contribution >= 0.6 is 11.6 Å². The highest BCUT2D eigenvalue weighted by Crippen LogP contribution is 2.31. The van der Waals surface area contributed by atoms with E-state index in [0.29, 0.717) is 17.1 Å². The molecule has 0 spiro atoms. The number of carbonyl (C=O) groups excluding carboxylic acids is 2. The third-order valence-corrected chi connectivity index (χ3v) is 5.56. The van der Waals surface area contributed by atoms with Crippen molar-refractivity contribution in [3.63, 3.8) is 0 Å². The average Bonchev–Trinajstić information content (AvgIpc) is 3.38. The van der Waals surface area contributed by atoms with E-state index in [9.17, 15) is 14.0 Å². The lowest BCUT2D eigenvalue weighted by atomic mass is 10.1. The third kappa shape index (κ3) is 4.14. The fourth-order valence-electron chi connectivity index (χ4n) is 3.78. The molecule has 2 amide bonds. The molecule has 3 aromatic rings. The van der Waals surface area contributed by atoms with Crippen molar-refractivity contribution in [1.82, 2.24) is 19.9 Å². The highest BCUT2D eigenvalue weighted by Gasteiger charge is 2.22. The molecule has 0 bridgehead atoms. The summed E-state index contributed by atoms with van der Waals surface area (Å²) in [6.45, 7) is -0.228. The molecule has 1 saturated carbocycles. The summed E-state index contributed by atoms with van der Waals surface area (Å²) in [4.78, 5) is 26.2. The maximum atomic E-state index is 13.8. The van der Waals surface area contributed by atoms with E-state index in [1.54, 1.807) is 12.1 Å². The molecular weight excluding hydrogens is 409 g/mol. The Bertz CT molecular complexity index is 1110. The van der Waals surface area contributed by atoms with Crippen molar-refractivity contribution >= 4 is 40.1 Å². The maximum absolute atomic E-state index is 13.8. The smallest absolute Gasteiger partial charge is 0.254 e. The average molecular weight is 430 g/mol. The van der Waals surface area contributed by atoms with Crippen LogP contribution in [0.5, 0.6) is 0 Å². The first-order chi connectivity index (χ1) is 14.4. The maximum Gasteiger partial charge on any atom is 0.254 e. The van der Waals surface area contributed by atoms with Crippen LogP contribution in [0.3, 0.4) is 0 Å². The lowest BCUT2D eigenvalue weighted by Gasteiger charge is -2.17. The summed E-state index contributed by atoms with van der Waals surface area (Å²) in [5, 5.41) is 11.2. The van der Waals surface area contributed by atoms with E-state index in [-0.39, 0.29) is 23.2 Å². The van der Waals surface area contributed by atoms with Gasteiger partial charge in [-0.3, -0.25) is 9.59 Å². The van der Waals surface area contributed by atoms with Gasteiger partial charge in [0.15, 0.2) is 0 Å². The fourth-order valence-corrected chi connectivity index (χ4v) is 3.94. The first-order valence-electron chi connectivity index (χ1n) is 9.77. The van der Waals surface area contributed by atoms with E-state index < -0.39 is 11.7 Å². The second-order valence-corrected chi connectivity index (χ2v) is 7.95. The number of halogens is 2. The van der Waals surface area contributed by atoms with Crippen LogP contribution in [-0.4, -0.2) is 45.3 Å². The van der Waals surface area contributed by atoms with Crippen LogP contribution in [0.2, 0.25) is 5.02 Å². The number of fused-ring (bicyclic) bond motifs is 1. The quantitative estimate of drug-likeness (QED) is 0.663. The Morgan fingerprint density at radius 1 is 1.23 bits per heavy atom. The van der Waals surface area contributed by atoms with Crippen LogP contribution in [-0.2, 0) is 4.79 Å². The summed E-state index contributed by atoms with van der Waals surface area (Å²) < 4.78 is 15.8. The topological polar surface area (TPSA) is 80.1 Å². The Morgan fingerprint density at radius 2 is 2.00 bits per heavy atom. The van der Waals surface area contributed by atoms with Crippen molar-refractivity contribution in [2.45, 2.75) is 31.7 Å². The number of carbonyl (C=O) groups is 2. The van der Waals surface area contributed by atoms with Gasteiger partial charge in [-0.25, -0.2) is 9.07 Å². The second-order valence-electron chi connectivity index (χ2n) is 7.51. The molecule has 1 aliphatic carbocycles. The predicted molar refractivity (Wildman–Crippen MR) is 112 cm³/mol. The normalized spacial score (nSPS) is 14.2. The minimum absolute atomic E-state index is 0.00944. The number of hydrogen-bond donors (Lipinski definition) is 1. The Labute approximate surface area is 177 Å². The Balaban J connectivity index is 1.44. The molecule has 0 unspecified atom stereocenters. The van der Waals surface area contributed by atoms with Crippen LogP contribution < -0.4 is 5.32 Å². The van der Waals surface area contributed by atoms with E-state index in [4.69, 9.17) is 11.6 Å². The first kappa shape index (κ1) is 20.3. The Morgan fingerprint density at radius 3 is 2.73 bits per heavy atom. The SMILES string of the molecule is CN(CC(=O)Nc1ccc(Cl)cc1F)C(=O)c1ccc2c(c1)nnn2C1CCCC1. The molecule has 0 saturated heterocycles. The standard InChI is InChI=1S/C21H21ClFN5O2/c1-27(12-20(29)24-17-8-7-14(22)11-16(17)23)21(30)13-6-9-19-18(10-13)25-26-28(19)15-4-2-3-5-15/h6-11,15H,2-5,12H2,1H3,(H,24,29). The summed E-state index contributed by atoms with van der Waals surface area (Å²) in [5.41, 5.74) is 1.97. The summed E-state index contributed by atoms with van der Waals surface area (Å²) in [5.74, 6) is -1.49. The van der Waals surface area contributed by atoms with E-state index in [2.05, 4.69) is 15.6 Å². The largest absolute Gasteiger partial charge is 0.332 e. The van der Waals surface area contributed by atoms with Crippen molar-refractivity contribution in [2.24, 2.45) is 0 Å². The highest BCUT2D eigenvalue weighted by molar-refractivity contribution is 6.30. The van der Waals surface area contributed by atoms with Gasteiger partial charge >= 0.3 is 0 Å². The molecule has 0 aliphatic heterocycles. The fraction of sp³-hybridized carbons (Fsp3) is 0.333. The molecule has 1 heterocycles. The molecule has 0 radical (unpaired) electrons. The molecular formula is C21H21ClFN5O2. The highest BCUT2D eigenvalue weighted by atomic mass is 35.5. The lowest BCUT2D eigenvalue weighted by Crippen LogP contribution is -2.35. The molecule has 4 rings (SSSR count). The lowest BCUT2D eigenvalue weighted by molar-refractivity contribution is -0.116. The van der Waals surface area contributed by atoms with Crippen molar-refractivity contribution < 1.29 is 14.0 Å². The van der Waals surface area contributed by atoms with Gasteiger partial charge in [-0.2, -0.15) is 0 Å². The number of hydrogen-bond acceptors (Lipinski definition) is 4. The summed E-state index contributed by atoms with van der Waals surface area (Å²) in [7, 11) is 1.51. The Hall–Kier alpha value is -3.00. The van der Waals surface area contributed by atoms with E-state index in [1.165, 1.54) is 36.9 Å². The van der Waals surface area contributed by atoms with Crippen LogP contribution in [0.25, 0.3) is 11.0 Å². The van der Waals surface area contributed by atoms with Gasteiger partial charge in [-0.05, 0) is 49.2 Å². The van der Waals surface area contributed by atoms with Crippen molar-refractivity contribution in [1.29, 1.82) is 0 Å². The van der Waals surface area contributed by atoms with Crippen molar-refractivity contribution in [2.75, 3.05) is 18.9 Å². The van der Waals surface area contributed by atoms with Crippen LogP contribution in [0.1, 0.15) is 42.1 Å². The number of likely N-dealkylation sites (N-methyl/N-ethyl adjacent to an activating group) is 1. The van der Waals surface area contributed by atoms with Gasteiger partial charge in [-0.1, -0.05) is 29.7 Å². The molecule has 7 nitrogen and oxygen atoms in total. The molecule has 1 N–H and O–H groups in total. The zero-order valence-corrected chi connectivity index (χ0v) is 17.2. The number of benzene rings is 2. The Kier molecular flexibility index (Phi) is 5.67. The van der Waals surface area contributed by atoms with Crippen molar-refractivity contribution in [3.8, 4) is 0 Å². The number of rotatable bonds is 5. The molecule has 1 aliphatic rings. The third-order valence-electron chi connectivity index (χ3n) is 5.32. The van der Waals surface area contributed by atoms with Crippen LogP contribution in [0.4, 0.5) is 10.1 Å².